The van der Waals surface area contributed by atoms with Crippen molar-refractivity contribution < 1.29 is 14.6 Å². The summed E-state index contributed by atoms with van der Waals surface area (Å²) in [6.07, 6.45) is 4.26. The number of nitrogens with zero attached hydrogens (tertiary/aromatic N) is 1. The van der Waals surface area contributed by atoms with E-state index in [-0.39, 0.29) is 18.7 Å². The van der Waals surface area contributed by atoms with Crippen LogP contribution in [0.2, 0.25) is 0 Å². The lowest BCUT2D eigenvalue weighted by Crippen LogP contribution is -2.37. The van der Waals surface area contributed by atoms with Crippen LogP contribution in [-0.4, -0.2) is 41.8 Å². The lowest BCUT2D eigenvalue weighted by Gasteiger charge is -2.29. The minimum Gasteiger partial charge on any atom is -0.462 e. The van der Waals surface area contributed by atoms with Crippen LogP contribution in [-0.2, 0) is 22.5 Å². The van der Waals surface area contributed by atoms with Crippen molar-refractivity contribution in [1.29, 1.82) is 0 Å². The summed E-state index contributed by atoms with van der Waals surface area (Å²) in [4.78, 5) is 13.7. The highest BCUT2D eigenvalue weighted by molar-refractivity contribution is 5.66. The molecule has 126 valence electrons. The van der Waals surface area contributed by atoms with Gasteiger partial charge >= 0.3 is 5.97 Å². The van der Waals surface area contributed by atoms with Crippen LogP contribution in [0, 0.1) is 11.8 Å². The Labute approximate surface area is 138 Å². The third-order valence-corrected chi connectivity index (χ3v) is 5.46. The Morgan fingerprint density at radius 1 is 1.35 bits per heavy atom. The highest BCUT2D eigenvalue weighted by Crippen LogP contribution is 2.48. The Morgan fingerprint density at radius 3 is 2.87 bits per heavy atom. The number of carbonyl (C=O) groups is 1. The minimum absolute atomic E-state index is 0.111. The van der Waals surface area contributed by atoms with Gasteiger partial charge in [-0.25, -0.2) is 0 Å². The van der Waals surface area contributed by atoms with Crippen LogP contribution in [0.3, 0.4) is 0 Å². The van der Waals surface area contributed by atoms with Crippen LogP contribution in [0.5, 0.6) is 0 Å². The van der Waals surface area contributed by atoms with Gasteiger partial charge in [-0.2, -0.15) is 0 Å². The highest BCUT2D eigenvalue weighted by atomic mass is 16.5. The number of esters is 1. The number of rotatable bonds is 6. The molecule has 0 amide bonds. The van der Waals surface area contributed by atoms with Crippen molar-refractivity contribution in [3.63, 3.8) is 0 Å². The molecular weight excluding hydrogens is 290 g/mol. The largest absolute Gasteiger partial charge is 0.462 e. The number of ether oxygens (including phenoxy) is 1. The van der Waals surface area contributed by atoms with E-state index in [1.807, 2.05) is 0 Å². The van der Waals surface area contributed by atoms with Gasteiger partial charge in [0.05, 0.1) is 0 Å². The van der Waals surface area contributed by atoms with E-state index in [0.29, 0.717) is 24.3 Å². The molecule has 2 aliphatic rings. The van der Waals surface area contributed by atoms with Gasteiger partial charge in [0.15, 0.2) is 0 Å². The molecule has 4 unspecified atom stereocenters. The van der Waals surface area contributed by atoms with Crippen molar-refractivity contribution in [3.8, 4) is 0 Å². The molecule has 2 fully saturated rings. The van der Waals surface area contributed by atoms with E-state index in [0.717, 1.165) is 13.0 Å². The zero-order valence-electron chi connectivity index (χ0n) is 14.1. The van der Waals surface area contributed by atoms with Crippen LogP contribution in [0.4, 0.5) is 0 Å². The van der Waals surface area contributed by atoms with Gasteiger partial charge in [-0.05, 0) is 49.8 Å². The minimum atomic E-state index is -0.152. The van der Waals surface area contributed by atoms with Crippen molar-refractivity contribution >= 4 is 5.97 Å². The van der Waals surface area contributed by atoms with Crippen molar-refractivity contribution in [2.24, 2.45) is 11.8 Å². The number of carbonyl (C=O) groups excluding carboxylic acids is 1. The first-order valence-electron chi connectivity index (χ1n) is 8.64. The van der Waals surface area contributed by atoms with Gasteiger partial charge in [-0.3, -0.25) is 9.69 Å². The monoisotopic (exact) mass is 317 g/mol. The summed E-state index contributed by atoms with van der Waals surface area (Å²) < 4.78 is 5.53. The van der Waals surface area contributed by atoms with E-state index < -0.39 is 0 Å². The molecular formula is C19H27NO3. The molecule has 0 spiro atoms. The second-order valence-electron chi connectivity index (χ2n) is 7.08. The molecule has 3 rings (SSSR count). The van der Waals surface area contributed by atoms with Crippen molar-refractivity contribution in [2.75, 3.05) is 13.7 Å². The van der Waals surface area contributed by atoms with Crippen molar-refractivity contribution in [2.45, 2.75) is 51.3 Å². The fourth-order valence-corrected chi connectivity index (χ4v) is 4.68. The van der Waals surface area contributed by atoms with Gasteiger partial charge in [-0.1, -0.05) is 24.3 Å². The standard InChI is InChI=1S/C19H27NO3/c1-13(22)23-18-11-16-6-7-17(18)19(16)20(2)12-15-5-3-4-14(10-15)8-9-21/h3-5,10,16-19,21H,6-9,11-12H2,1-2H3. The maximum Gasteiger partial charge on any atom is 0.302 e. The second-order valence-corrected chi connectivity index (χ2v) is 7.08. The Kier molecular flexibility index (Phi) is 5.02. The number of hydrogen-bond acceptors (Lipinski definition) is 4. The number of aliphatic hydroxyl groups excluding tert-OH is 1. The summed E-state index contributed by atoms with van der Waals surface area (Å²) in [7, 11) is 2.19. The van der Waals surface area contributed by atoms with Crippen LogP contribution in [0.1, 0.15) is 37.3 Å². The third-order valence-electron chi connectivity index (χ3n) is 5.46. The first-order valence-corrected chi connectivity index (χ1v) is 8.64. The average molecular weight is 317 g/mol. The van der Waals surface area contributed by atoms with E-state index in [1.54, 1.807) is 0 Å². The summed E-state index contributed by atoms with van der Waals surface area (Å²) in [6.45, 7) is 2.61. The summed E-state index contributed by atoms with van der Waals surface area (Å²) >= 11 is 0. The zero-order valence-corrected chi connectivity index (χ0v) is 14.1. The average Bonchev–Trinajstić information content (AvgIpc) is 3.04. The maximum absolute atomic E-state index is 11.3. The molecule has 4 heteroatoms. The number of aliphatic hydroxyl groups is 1. The van der Waals surface area contributed by atoms with Crippen LogP contribution < -0.4 is 0 Å². The highest BCUT2D eigenvalue weighted by Gasteiger charge is 2.51. The molecule has 1 aromatic rings. The summed E-state index contributed by atoms with van der Waals surface area (Å²) in [5.74, 6) is 0.977. The van der Waals surface area contributed by atoms with Crippen molar-refractivity contribution in [3.05, 3.63) is 35.4 Å². The summed E-state index contributed by atoms with van der Waals surface area (Å²) in [5.41, 5.74) is 2.47. The quantitative estimate of drug-likeness (QED) is 0.819. The fourth-order valence-electron chi connectivity index (χ4n) is 4.68. The van der Waals surface area contributed by atoms with Crippen LogP contribution >= 0.6 is 0 Å². The zero-order chi connectivity index (χ0) is 16.4. The fraction of sp³-hybridized carbons (Fsp3) is 0.632. The van der Waals surface area contributed by atoms with E-state index >= 15 is 0 Å². The normalized spacial score (nSPS) is 29.2. The Hall–Kier alpha value is -1.39. The molecule has 0 saturated heterocycles. The molecule has 4 atom stereocenters. The predicted molar refractivity (Wildman–Crippen MR) is 88.9 cm³/mol. The van der Waals surface area contributed by atoms with Gasteiger partial charge in [0.2, 0.25) is 0 Å². The lowest BCUT2D eigenvalue weighted by atomic mass is 9.98. The second kappa shape index (κ2) is 7.02. The van der Waals surface area contributed by atoms with Gasteiger partial charge in [0, 0.05) is 32.0 Å². The summed E-state index contributed by atoms with van der Waals surface area (Å²) in [6, 6.07) is 8.99. The number of hydrogen-bond donors (Lipinski definition) is 1. The molecule has 0 aliphatic heterocycles. The third kappa shape index (κ3) is 3.59. The molecule has 0 radical (unpaired) electrons. The van der Waals surface area contributed by atoms with E-state index in [2.05, 4.69) is 36.2 Å². The Balaban J connectivity index is 1.65. The van der Waals surface area contributed by atoms with Gasteiger partial charge < -0.3 is 9.84 Å². The van der Waals surface area contributed by atoms with Gasteiger partial charge in [-0.15, -0.1) is 0 Å². The molecule has 1 aromatic carbocycles. The Bertz CT molecular complexity index is 559. The SMILES string of the molecule is CC(=O)OC1CC2CCC1C2N(C)Cc1cccc(CCO)c1. The van der Waals surface area contributed by atoms with E-state index in [9.17, 15) is 4.79 Å². The molecule has 0 aromatic heterocycles. The first kappa shape index (κ1) is 16.5. The molecule has 2 bridgehead atoms. The maximum atomic E-state index is 11.3. The molecule has 2 aliphatic carbocycles. The molecule has 0 heterocycles. The number of benzene rings is 1. The summed E-state index contributed by atoms with van der Waals surface area (Å²) in [5, 5.41) is 9.09. The smallest absolute Gasteiger partial charge is 0.302 e. The lowest BCUT2D eigenvalue weighted by molar-refractivity contribution is -0.149. The van der Waals surface area contributed by atoms with E-state index in [1.165, 1.54) is 30.9 Å². The van der Waals surface area contributed by atoms with Crippen molar-refractivity contribution in [1.82, 2.24) is 4.90 Å². The Morgan fingerprint density at radius 2 is 2.13 bits per heavy atom. The molecule has 23 heavy (non-hydrogen) atoms. The molecule has 1 N–H and O–H groups in total. The first-order chi connectivity index (χ1) is 11.1. The van der Waals surface area contributed by atoms with Crippen LogP contribution in [0.15, 0.2) is 24.3 Å². The number of fused-ring (bicyclic) bond motifs is 2. The molecule has 2 saturated carbocycles. The molecule has 4 nitrogen and oxygen atoms in total. The van der Waals surface area contributed by atoms with Crippen LogP contribution in [0.25, 0.3) is 0 Å². The van der Waals surface area contributed by atoms with E-state index in [4.69, 9.17) is 9.84 Å². The van der Waals surface area contributed by atoms with Gasteiger partial charge in [0.25, 0.3) is 0 Å². The predicted octanol–water partition coefficient (Wildman–Crippen LogP) is 2.38. The van der Waals surface area contributed by atoms with Gasteiger partial charge in [0.1, 0.15) is 6.10 Å². The topological polar surface area (TPSA) is 49.8 Å².